The Morgan fingerprint density at radius 1 is 1.24 bits per heavy atom. The first-order chi connectivity index (χ1) is 10.1. The molecule has 1 aromatic rings. The summed E-state index contributed by atoms with van der Waals surface area (Å²) in [4.78, 5) is 0.136. The van der Waals surface area contributed by atoms with E-state index in [1.165, 1.54) is 6.07 Å². The molecule has 0 amide bonds. The minimum absolute atomic E-state index is 0.0178. The maximum Gasteiger partial charge on any atom is 0.244 e. The second kappa shape index (κ2) is 5.76. The topological polar surface area (TPSA) is 73.2 Å². The van der Waals surface area contributed by atoms with Crippen LogP contribution in [0.1, 0.15) is 31.2 Å². The molecule has 21 heavy (non-hydrogen) atoms. The van der Waals surface area contributed by atoms with Crippen molar-refractivity contribution >= 4 is 10.0 Å². The first-order valence-electron chi connectivity index (χ1n) is 7.39. The van der Waals surface area contributed by atoms with Gasteiger partial charge in [0.25, 0.3) is 0 Å². The summed E-state index contributed by atoms with van der Waals surface area (Å²) in [7, 11) is -3.60. The molecule has 0 saturated carbocycles. The first kappa shape index (κ1) is 14.5. The van der Waals surface area contributed by atoms with Crippen LogP contribution < -0.4 is 5.32 Å². The molecule has 2 aliphatic heterocycles. The average molecular weight is 305 g/mol. The van der Waals surface area contributed by atoms with E-state index >= 15 is 0 Å². The van der Waals surface area contributed by atoms with E-state index in [0.29, 0.717) is 6.54 Å². The highest BCUT2D eigenvalue weighted by Gasteiger charge is 2.40. The van der Waals surface area contributed by atoms with Crippen molar-refractivity contribution in [3.63, 3.8) is 0 Å². The molecule has 1 aromatic carbocycles. The van der Waals surface area contributed by atoms with Crippen molar-refractivity contribution in [3.8, 4) is 6.07 Å². The molecule has 2 unspecified atom stereocenters. The first-order valence-corrected chi connectivity index (χ1v) is 8.83. The molecule has 0 aromatic heterocycles. The van der Waals surface area contributed by atoms with Crippen LogP contribution >= 0.6 is 0 Å². The van der Waals surface area contributed by atoms with Crippen LogP contribution in [0.5, 0.6) is 0 Å². The molecule has 6 heteroatoms. The number of nitrogens with one attached hydrogen (secondary N) is 1. The third-order valence-electron chi connectivity index (χ3n) is 4.41. The normalized spacial score (nSPS) is 26.8. The van der Waals surface area contributed by atoms with E-state index in [0.717, 1.165) is 32.2 Å². The highest BCUT2D eigenvalue weighted by atomic mass is 32.2. The number of benzene rings is 1. The molecule has 2 aliphatic rings. The molecule has 5 nitrogen and oxygen atoms in total. The van der Waals surface area contributed by atoms with Crippen molar-refractivity contribution in [1.82, 2.24) is 9.62 Å². The lowest BCUT2D eigenvalue weighted by Gasteiger charge is -2.29. The fourth-order valence-electron chi connectivity index (χ4n) is 3.42. The zero-order valence-electron chi connectivity index (χ0n) is 11.8. The minimum Gasteiger partial charge on any atom is -0.312 e. The second-order valence-corrected chi connectivity index (χ2v) is 7.50. The van der Waals surface area contributed by atoms with Gasteiger partial charge >= 0.3 is 0 Å². The Hall–Kier alpha value is -1.42. The summed E-state index contributed by atoms with van der Waals surface area (Å²) >= 11 is 0. The Labute approximate surface area is 125 Å². The van der Waals surface area contributed by atoms with Gasteiger partial charge < -0.3 is 5.32 Å². The third kappa shape index (κ3) is 2.57. The molecule has 0 bridgehead atoms. The Kier molecular flexibility index (Phi) is 3.98. The molecule has 2 atom stereocenters. The highest BCUT2D eigenvalue weighted by molar-refractivity contribution is 7.89. The van der Waals surface area contributed by atoms with Gasteiger partial charge in [0.1, 0.15) is 6.07 Å². The Bertz CT molecular complexity index is 660. The summed E-state index contributed by atoms with van der Waals surface area (Å²) in [6.07, 6.45) is 3.91. The Balaban J connectivity index is 1.95. The van der Waals surface area contributed by atoms with E-state index in [1.54, 1.807) is 22.5 Å². The van der Waals surface area contributed by atoms with Crippen LogP contribution in [0.3, 0.4) is 0 Å². The number of nitriles is 1. The summed E-state index contributed by atoms with van der Waals surface area (Å²) in [5, 5.41) is 12.6. The van der Waals surface area contributed by atoms with Gasteiger partial charge in [-0.15, -0.1) is 0 Å². The molecule has 2 saturated heterocycles. The van der Waals surface area contributed by atoms with Gasteiger partial charge in [-0.3, -0.25) is 0 Å². The zero-order valence-corrected chi connectivity index (χ0v) is 12.6. The average Bonchev–Trinajstić information content (AvgIpc) is 3.17. The molecule has 2 heterocycles. The van der Waals surface area contributed by atoms with Gasteiger partial charge in [0.2, 0.25) is 10.0 Å². The standard InChI is InChI=1S/C15H19N3O2S/c16-11-12-5-1-2-8-15(12)21(19,20)18-10-4-7-14(18)13-6-3-9-17-13/h1-2,5,8,13-14,17H,3-4,6-7,9-10H2. The van der Waals surface area contributed by atoms with Crippen molar-refractivity contribution in [1.29, 1.82) is 5.26 Å². The van der Waals surface area contributed by atoms with E-state index in [9.17, 15) is 8.42 Å². The van der Waals surface area contributed by atoms with Gasteiger partial charge in [-0.2, -0.15) is 9.57 Å². The van der Waals surface area contributed by atoms with Crippen LogP contribution in [0.2, 0.25) is 0 Å². The fourth-order valence-corrected chi connectivity index (χ4v) is 5.29. The van der Waals surface area contributed by atoms with Crippen molar-refractivity contribution in [2.24, 2.45) is 0 Å². The maximum absolute atomic E-state index is 12.9. The summed E-state index contributed by atoms with van der Waals surface area (Å²) < 4.78 is 27.5. The summed E-state index contributed by atoms with van der Waals surface area (Å²) in [5.41, 5.74) is 0.225. The Morgan fingerprint density at radius 3 is 2.76 bits per heavy atom. The molecule has 0 spiro atoms. The zero-order chi connectivity index (χ0) is 14.9. The van der Waals surface area contributed by atoms with E-state index < -0.39 is 10.0 Å². The van der Waals surface area contributed by atoms with Crippen molar-refractivity contribution in [2.45, 2.75) is 42.7 Å². The van der Waals surface area contributed by atoms with Crippen LogP contribution in [-0.4, -0.2) is 37.9 Å². The number of hydrogen-bond donors (Lipinski definition) is 1. The highest BCUT2D eigenvalue weighted by Crippen LogP contribution is 2.31. The fraction of sp³-hybridized carbons (Fsp3) is 0.533. The molecule has 1 N–H and O–H groups in total. The van der Waals surface area contributed by atoms with Crippen LogP contribution in [0.25, 0.3) is 0 Å². The lowest BCUT2D eigenvalue weighted by Crippen LogP contribution is -2.46. The van der Waals surface area contributed by atoms with Gasteiger partial charge in [-0.25, -0.2) is 8.42 Å². The molecule has 112 valence electrons. The monoisotopic (exact) mass is 305 g/mol. The van der Waals surface area contributed by atoms with Crippen molar-refractivity contribution < 1.29 is 8.42 Å². The predicted molar refractivity (Wildman–Crippen MR) is 79.1 cm³/mol. The van der Waals surface area contributed by atoms with Crippen LogP contribution in [0.15, 0.2) is 29.2 Å². The van der Waals surface area contributed by atoms with E-state index in [4.69, 9.17) is 5.26 Å². The number of nitrogens with zero attached hydrogens (tertiary/aromatic N) is 2. The van der Waals surface area contributed by atoms with Crippen molar-refractivity contribution in [2.75, 3.05) is 13.1 Å². The lowest BCUT2D eigenvalue weighted by molar-refractivity contribution is 0.322. The van der Waals surface area contributed by atoms with Crippen LogP contribution in [0, 0.1) is 11.3 Å². The maximum atomic E-state index is 12.9. The number of hydrogen-bond acceptors (Lipinski definition) is 4. The molecular formula is C15H19N3O2S. The van der Waals surface area contributed by atoms with Crippen LogP contribution in [-0.2, 0) is 10.0 Å². The van der Waals surface area contributed by atoms with Gasteiger partial charge in [0.05, 0.1) is 10.5 Å². The number of sulfonamides is 1. The molecular weight excluding hydrogens is 286 g/mol. The lowest BCUT2D eigenvalue weighted by atomic mass is 10.1. The predicted octanol–water partition coefficient (Wildman–Crippen LogP) is 1.46. The SMILES string of the molecule is N#Cc1ccccc1S(=O)(=O)N1CCCC1C1CCCN1. The summed E-state index contributed by atoms with van der Waals surface area (Å²) in [5.74, 6) is 0. The van der Waals surface area contributed by atoms with Crippen molar-refractivity contribution in [3.05, 3.63) is 29.8 Å². The molecule has 2 fully saturated rings. The van der Waals surface area contributed by atoms with E-state index in [2.05, 4.69) is 5.32 Å². The van der Waals surface area contributed by atoms with E-state index in [1.807, 2.05) is 6.07 Å². The largest absolute Gasteiger partial charge is 0.312 e. The summed E-state index contributed by atoms with van der Waals surface area (Å²) in [6.45, 7) is 1.51. The van der Waals surface area contributed by atoms with E-state index in [-0.39, 0.29) is 22.5 Å². The van der Waals surface area contributed by atoms with Gasteiger partial charge in [0, 0.05) is 18.6 Å². The molecule has 3 rings (SSSR count). The summed E-state index contributed by atoms with van der Waals surface area (Å²) in [6, 6.07) is 8.71. The van der Waals surface area contributed by atoms with Crippen LogP contribution in [0.4, 0.5) is 0 Å². The quantitative estimate of drug-likeness (QED) is 0.917. The number of rotatable bonds is 3. The van der Waals surface area contributed by atoms with Gasteiger partial charge in [0.15, 0.2) is 0 Å². The minimum atomic E-state index is -3.60. The molecule has 0 aliphatic carbocycles. The second-order valence-electron chi connectivity index (χ2n) is 5.64. The third-order valence-corrected chi connectivity index (χ3v) is 6.39. The molecule has 0 radical (unpaired) electrons. The van der Waals surface area contributed by atoms with Gasteiger partial charge in [-0.1, -0.05) is 12.1 Å². The smallest absolute Gasteiger partial charge is 0.244 e. The Morgan fingerprint density at radius 2 is 2.05 bits per heavy atom. The van der Waals surface area contributed by atoms with Gasteiger partial charge in [-0.05, 0) is 44.4 Å².